The smallest absolute Gasteiger partial charge is 0.255 e. The maximum Gasteiger partial charge on any atom is 0.255 e. The molecule has 1 saturated heterocycles. The molecule has 6 heteroatoms. The standard InChI is InChI=1S/C22H28ClN3O2/c1-15-12-20(16(2)26(15)19-5-6-19)22(27)25-10-8-24(9-11-25)14-17-13-18(23)4-7-21(17)28-3/h4,7,12-13,19H,5-6,8-11,14H2,1-3H3. The van der Waals surface area contributed by atoms with Gasteiger partial charge in [-0.15, -0.1) is 0 Å². The number of halogens is 1. The van der Waals surface area contributed by atoms with E-state index in [0.29, 0.717) is 6.04 Å². The van der Waals surface area contributed by atoms with E-state index >= 15 is 0 Å². The van der Waals surface area contributed by atoms with E-state index in [1.165, 1.54) is 18.5 Å². The van der Waals surface area contributed by atoms with Crippen molar-refractivity contribution in [3.63, 3.8) is 0 Å². The summed E-state index contributed by atoms with van der Waals surface area (Å²) in [6.45, 7) is 8.16. The number of methoxy groups -OCH3 is 1. The van der Waals surface area contributed by atoms with Crippen molar-refractivity contribution >= 4 is 17.5 Å². The van der Waals surface area contributed by atoms with Gasteiger partial charge in [0.15, 0.2) is 0 Å². The van der Waals surface area contributed by atoms with E-state index in [0.717, 1.165) is 60.3 Å². The second-order valence-electron chi connectivity index (χ2n) is 7.91. The van der Waals surface area contributed by atoms with Crippen LogP contribution in [0.2, 0.25) is 5.02 Å². The molecule has 0 unspecified atom stereocenters. The molecule has 5 nitrogen and oxygen atoms in total. The van der Waals surface area contributed by atoms with Crippen LogP contribution in [0.15, 0.2) is 24.3 Å². The number of aromatic nitrogens is 1. The molecule has 1 saturated carbocycles. The van der Waals surface area contributed by atoms with Gasteiger partial charge in [0, 0.05) is 60.7 Å². The van der Waals surface area contributed by atoms with Crippen LogP contribution in [0.5, 0.6) is 5.75 Å². The molecule has 0 radical (unpaired) electrons. The van der Waals surface area contributed by atoms with Gasteiger partial charge in [-0.3, -0.25) is 9.69 Å². The largest absolute Gasteiger partial charge is 0.496 e. The van der Waals surface area contributed by atoms with E-state index in [-0.39, 0.29) is 5.91 Å². The predicted octanol–water partition coefficient (Wildman–Crippen LogP) is 4.06. The van der Waals surface area contributed by atoms with Crippen LogP contribution in [0, 0.1) is 13.8 Å². The van der Waals surface area contributed by atoms with Crippen LogP contribution < -0.4 is 4.74 Å². The highest BCUT2D eigenvalue weighted by Gasteiger charge is 2.30. The monoisotopic (exact) mass is 401 g/mol. The van der Waals surface area contributed by atoms with Gasteiger partial charge in [-0.05, 0) is 51.0 Å². The van der Waals surface area contributed by atoms with Crippen LogP contribution in [-0.4, -0.2) is 53.6 Å². The first-order valence-electron chi connectivity index (χ1n) is 10.0. The highest BCUT2D eigenvalue weighted by atomic mass is 35.5. The molecule has 0 spiro atoms. The minimum Gasteiger partial charge on any atom is -0.496 e. The molecule has 1 amide bonds. The van der Waals surface area contributed by atoms with Crippen LogP contribution in [-0.2, 0) is 6.54 Å². The second-order valence-corrected chi connectivity index (χ2v) is 8.35. The molecule has 2 aliphatic rings. The number of nitrogens with zero attached hydrogens (tertiary/aromatic N) is 3. The lowest BCUT2D eigenvalue weighted by atomic mass is 10.1. The van der Waals surface area contributed by atoms with Crippen LogP contribution in [0.25, 0.3) is 0 Å². The maximum atomic E-state index is 13.1. The Labute approximate surface area is 171 Å². The zero-order valence-electron chi connectivity index (χ0n) is 16.9. The summed E-state index contributed by atoms with van der Waals surface area (Å²) in [5.74, 6) is 1.02. The molecular formula is C22H28ClN3O2. The van der Waals surface area contributed by atoms with Gasteiger partial charge in [0.2, 0.25) is 0 Å². The summed E-state index contributed by atoms with van der Waals surface area (Å²) >= 11 is 6.15. The van der Waals surface area contributed by atoms with Crippen LogP contribution in [0.1, 0.15) is 46.2 Å². The van der Waals surface area contributed by atoms with E-state index in [9.17, 15) is 4.79 Å². The zero-order valence-corrected chi connectivity index (χ0v) is 17.6. The molecule has 1 aliphatic carbocycles. The SMILES string of the molecule is COc1ccc(Cl)cc1CN1CCN(C(=O)c2cc(C)n(C3CC3)c2C)CC1. The number of piperazine rings is 1. The molecule has 150 valence electrons. The Hall–Kier alpha value is -1.98. The van der Waals surface area contributed by atoms with E-state index in [2.05, 4.69) is 29.4 Å². The number of hydrogen-bond acceptors (Lipinski definition) is 3. The summed E-state index contributed by atoms with van der Waals surface area (Å²) in [6.07, 6.45) is 2.46. The third-order valence-electron chi connectivity index (χ3n) is 5.92. The van der Waals surface area contributed by atoms with Crippen LogP contribution in [0.4, 0.5) is 0 Å². The number of benzene rings is 1. The van der Waals surface area contributed by atoms with Crippen LogP contribution >= 0.6 is 11.6 Å². The number of hydrogen-bond donors (Lipinski definition) is 0. The topological polar surface area (TPSA) is 37.7 Å². The van der Waals surface area contributed by atoms with Crippen LogP contribution in [0.3, 0.4) is 0 Å². The summed E-state index contributed by atoms with van der Waals surface area (Å²) in [5.41, 5.74) is 4.28. The highest BCUT2D eigenvalue weighted by molar-refractivity contribution is 6.30. The predicted molar refractivity (Wildman–Crippen MR) is 111 cm³/mol. The van der Waals surface area contributed by atoms with Gasteiger partial charge >= 0.3 is 0 Å². The van der Waals surface area contributed by atoms with Crippen molar-refractivity contribution in [1.82, 2.24) is 14.4 Å². The fourth-order valence-electron chi connectivity index (χ4n) is 4.28. The Morgan fingerprint density at radius 3 is 2.50 bits per heavy atom. The first-order chi connectivity index (χ1) is 13.5. The molecule has 28 heavy (non-hydrogen) atoms. The number of carbonyl (C=O) groups excluding carboxylic acids is 1. The fourth-order valence-corrected chi connectivity index (χ4v) is 4.47. The average Bonchev–Trinajstić information content (AvgIpc) is 3.47. The quantitative estimate of drug-likeness (QED) is 0.758. The number of amides is 1. The molecule has 1 aliphatic heterocycles. The molecule has 0 N–H and O–H groups in total. The molecule has 0 bridgehead atoms. The van der Waals surface area contributed by atoms with Crippen molar-refractivity contribution in [1.29, 1.82) is 0 Å². The third kappa shape index (κ3) is 3.78. The van der Waals surface area contributed by atoms with Gasteiger partial charge in [-0.1, -0.05) is 11.6 Å². The summed E-state index contributed by atoms with van der Waals surface area (Å²) in [5, 5.41) is 0.718. The lowest BCUT2D eigenvalue weighted by Gasteiger charge is -2.35. The van der Waals surface area contributed by atoms with Gasteiger partial charge in [-0.2, -0.15) is 0 Å². The van der Waals surface area contributed by atoms with E-state index in [4.69, 9.17) is 16.3 Å². The van der Waals surface area contributed by atoms with Gasteiger partial charge in [0.1, 0.15) is 5.75 Å². The van der Waals surface area contributed by atoms with Gasteiger partial charge < -0.3 is 14.2 Å². The Kier molecular flexibility index (Phi) is 5.39. The maximum absolute atomic E-state index is 13.1. The minimum absolute atomic E-state index is 0.167. The van der Waals surface area contributed by atoms with Crippen molar-refractivity contribution in [2.75, 3.05) is 33.3 Å². The Bertz CT molecular complexity index is 880. The lowest BCUT2D eigenvalue weighted by Crippen LogP contribution is -2.48. The zero-order chi connectivity index (χ0) is 19.8. The number of ether oxygens (including phenoxy) is 1. The Balaban J connectivity index is 1.40. The van der Waals surface area contributed by atoms with Crippen molar-refractivity contribution in [3.05, 3.63) is 51.8 Å². The summed E-state index contributed by atoms with van der Waals surface area (Å²) in [7, 11) is 1.68. The third-order valence-corrected chi connectivity index (χ3v) is 6.16. The van der Waals surface area contributed by atoms with Crippen molar-refractivity contribution in [3.8, 4) is 5.75 Å². The molecule has 2 fully saturated rings. The molecule has 4 rings (SSSR count). The van der Waals surface area contributed by atoms with E-state index < -0.39 is 0 Å². The van der Waals surface area contributed by atoms with Gasteiger partial charge in [0.25, 0.3) is 5.91 Å². The highest BCUT2D eigenvalue weighted by Crippen LogP contribution is 2.38. The minimum atomic E-state index is 0.167. The van der Waals surface area contributed by atoms with Gasteiger partial charge in [-0.25, -0.2) is 0 Å². The molecule has 0 atom stereocenters. The summed E-state index contributed by atoms with van der Waals surface area (Å²) in [6, 6.07) is 8.39. The van der Waals surface area contributed by atoms with Crippen molar-refractivity contribution in [2.45, 2.75) is 39.3 Å². The molecular weight excluding hydrogens is 374 g/mol. The van der Waals surface area contributed by atoms with Crippen molar-refractivity contribution < 1.29 is 9.53 Å². The second kappa shape index (κ2) is 7.80. The molecule has 2 aromatic rings. The summed E-state index contributed by atoms with van der Waals surface area (Å²) in [4.78, 5) is 17.4. The lowest BCUT2D eigenvalue weighted by molar-refractivity contribution is 0.0626. The van der Waals surface area contributed by atoms with E-state index in [1.54, 1.807) is 7.11 Å². The summed E-state index contributed by atoms with van der Waals surface area (Å²) < 4.78 is 7.80. The number of carbonyl (C=O) groups is 1. The Morgan fingerprint density at radius 2 is 1.86 bits per heavy atom. The fraction of sp³-hybridized carbons (Fsp3) is 0.500. The Morgan fingerprint density at radius 1 is 1.14 bits per heavy atom. The number of rotatable bonds is 5. The normalized spacial score (nSPS) is 17.8. The van der Waals surface area contributed by atoms with E-state index in [1.807, 2.05) is 23.1 Å². The molecule has 2 heterocycles. The number of aryl methyl sites for hydroxylation is 1. The van der Waals surface area contributed by atoms with Crippen molar-refractivity contribution in [2.24, 2.45) is 0 Å². The molecule has 1 aromatic carbocycles. The average molecular weight is 402 g/mol. The van der Waals surface area contributed by atoms with Gasteiger partial charge in [0.05, 0.1) is 12.7 Å². The first kappa shape index (κ1) is 19.3. The molecule has 1 aromatic heterocycles. The first-order valence-corrected chi connectivity index (χ1v) is 10.4.